The summed E-state index contributed by atoms with van der Waals surface area (Å²) in [5.74, 6) is 0.359. The number of nitrogens with zero attached hydrogens (tertiary/aromatic N) is 4. The van der Waals surface area contributed by atoms with Crippen LogP contribution in [0.4, 0.5) is 5.69 Å². The van der Waals surface area contributed by atoms with Gasteiger partial charge in [-0.05, 0) is 29.8 Å². The minimum Gasteiger partial charge on any atom is -0.411 e. The minimum absolute atomic E-state index is 0.151. The molecule has 0 saturated carbocycles. The van der Waals surface area contributed by atoms with Crippen LogP contribution in [-0.2, 0) is 11.2 Å². The Morgan fingerprint density at radius 1 is 1.16 bits per heavy atom. The molecule has 25 heavy (non-hydrogen) atoms. The normalized spacial score (nSPS) is 10.2. The van der Waals surface area contributed by atoms with Gasteiger partial charge < -0.3 is 9.73 Å². The first-order valence-corrected chi connectivity index (χ1v) is 8.35. The average molecular weight is 351 g/mol. The molecular formula is C17H13N5O2S. The van der Waals surface area contributed by atoms with Crippen LogP contribution in [0.15, 0.2) is 58.4 Å². The Kier molecular flexibility index (Phi) is 5.39. The molecule has 2 aromatic heterocycles. The quantitative estimate of drug-likeness (QED) is 0.681. The summed E-state index contributed by atoms with van der Waals surface area (Å²) < 4.78 is 5.52. The van der Waals surface area contributed by atoms with Crippen molar-refractivity contribution in [1.29, 1.82) is 5.26 Å². The molecule has 1 aromatic carbocycles. The van der Waals surface area contributed by atoms with Gasteiger partial charge >= 0.3 is 0 Å². The molecule has 3 aromatic rings. The van der Waals surface area contributed by atoms with Crippen LogP contribution in [0.3, 0.4) is 0 Å². The highest BCUT2D eigenvalue weighted by molar-refractivity contribution is 7.99. The zero-order valence-electron chi connectivity index (χ0n) is 13.0. The number of carbonyl (C=O) groups is 1. The summed E-state index contributed by atoms with van der Waals surface area (Å²) in [6.45, 7) is 0. The van der Waals surface area contributed by atoms with Gasteiger partial charge in [-0.1, -0.05) is 23.9 Å². The molecule has 7 nitrogen and oxygen atoms in total. The van der Waals surface area contributed by atoms with Crippen LogP contribution < -0.4 is 5.32 Å². The second-order valence-electron chi connectivity index (χ2n) is 4.98. The number of rotatable bonds is 6. The molecule has 124 valence electrons. The van der Waals surface area contributed by atoms with E-state index >= 15 is 0 Å². The molecule has 1 N–H and O–H groups in total. The van der Waals surface area contributed by atoms with Gasteiger partial charge in [0.1, 0.15) is 0 Å². The summed E-state index contributed by atoms with van der Waals surface area (Å²) in [6, 6.07) is 12.8. The zero-order valence-corrected chi connectivity index (χ0v) is 13.9. The molecule has 0 saturated heterocycles. The molecule has 0 radical (unpaired) electrons. The molecule has 8 heteroatoms. The van der Waals surface area contributed by atoms with Crippen LogP contribution in [0.1, 0.15) is 5.56 Å². The van der Waals surface area contributed by atoms with E-state index in [1.54, 1.807) is 36.7 Å². The summed E-state index contributed by atoms with van der Waals surface area (Å²) in [4.78, 5) is 15.9. The lowest BCUT2D eigenvalue weighted by molar-refractivity contribution is -0.113. The number of benzene rings is 1. The largest absolute Gasteiger partial charge is 0.411 e. The van der Waals surface area contributed by atoms with Crippen molar-refractivity contribution in [1.82, 2.24) is 15.2 Å². The smallest absolute Gasteiger partial charge is 0.277 e. The van der Waals surface area contributed by atoms with Gasteiger partial charge in [0.2, 0.25) is 11.8 Å². The number of anilines is 1. The fourth-order valence-electron chi connectivity index (χ4n) is 2.00. The van der Waals surface area contributed by atoms with Crippen molar-refractivity contribution in [3.05, 3.63) is 54.4 Å². The fraction of sp³-hybridized carbons (Fsp3) is 0.118. The Morgan fingerprint density at radius 3 is 2.64 bits per heavy atom. The summed E-state index contributed by atoms with van der Waals surface area (Å²) in [7, 11) is 0. The molecule has 2 heterocycles. The van der Waals surface area contributed by atoms with Crippen molar-refractivity contribution >= 4 is 23.4 Å². The van der Waals surface area contributed by atoms with E-state index in [0.717, 1.165) is 22.9 Å². The number of nitrogens with one attached hydrogen (secondary N) is 1. The number of amides is 1. The first kappa shape index (κ1) is 16.7. The molecule has 1 amide bonds. The van der Waals surface area contributed by atoms with Crippen LogP contribution in [0.2, 0.25) is 0 Å². The van der Waals surface area contributed by atoms with E-state index in [2.05, 4.69) is 26.6 Å². The van der Waals surface area contributed by atoms with Gasteiger partial charge in [-0.25, -0.2) is 0 Å². The maximum Gasteiger partial charge on any atom is 0.277 e. The van der Waals surface area contributed by atoms with E-state index in [-0.39, 0.29) is 11.7 Å². The van der Waals surface area contributed by atoms with Gasteiger partial charge in [0.05, 0.1) is 18.2 Å². The van der Waals surface area contributed by atoms with Gasteiger partial charge in [-0.15, -0.1) is 10.2 Å². The molecule has 0 fully saturated rings. The number of nitriles is 1. The Balaban J connectivity index is 1.52. The predicted octanol–water partition coefficient (Wildman–Crippen LogP) is 2.93. The van der Waals surface area contributed by atoms with Gasteiger partial charge in [-0.3, -0.25) is 9.78 Å². The maximum atomic E-state index is 12.0. The van der Waals surface area contributed by atoms with Crippen molar-refractivity contribution in [2.45, 2.75) is 11.6 Å². The number of aromatic nitrogens is 3. The minimum atomic E-state index is -0.179. The monoisotopic (exact) mass is 351 g/mol. The zero-order chi connectivity index (χ0) is 17.5. The van der Waals surface area contributed by atoms with Crippen molar-refractivity contribution in [3.63, 3.8) is 0 Å². The van der Waals surface area contributed by atoms with Crippen molar-refractivity contribution in [2.24, 2.45) is 0 Å². The molecule has 0 atom stereocenters. The van der Waals surface area contributed by atoms with E-state index in [1.165, 1.54) is 0 Å². The standard InChI is InChI=1S/C17H13N5O2S/c18-8-5-12-1-3-14(4-2-12)20-15(23)11-25-17-22-21-16(24-17)13-6-9-19-10-7-13/h1-4,6-7,9-10H,5,11H2,(H,20,23). The van der Waals surface area contributed by atoms with Crippen LogP contribution >= 0.6 is 11.8 Å². The van der Waals surface area contributed by atoms with Crippen molar-refractivity contribution < 1.29 is 9.21 Å². The highest BCUT2D eigenvalue weighted by atomic mass is 32.2. The Bertz CT molecular complexity index is 887. The summed E-state index contributed by atoms with van der Waals surface area (Å²) in [5.41, 5.74) is 2.36. The first-order valence-electron chi connectivity index (χ1n) is 7.37. The number of carbonyl (C=O) groups excluding carboxylic acids is 1. The van der Waals surface area contributed by atoms with Crippen molar-refractivity contribution in [2.75, 3.05) is 11.1 Å². The third-order valence-electron chi connectivity index (χ3n) is 3.18. The number of hydrogen-bond acceptors (Lipinski definition) is 7. The summed E-state index contributed by atoms with van der Waals surface area (Å²) in [5, 5.41) is 19.6. The second kappa shape index (κ2) is 8.08. The van der Waals surface area contributed by atoms with Crippen LogP contribution in [0.25, 0.3) is 11.5 Å². The lowest BCUT2D eigenvalue weighted by atomic mass is 10.1. The molecule has 0 unspecified atom stereocenters. The number of pyridine rings is 1. The van der Waals surface area contributed by atoms with E-state index in [0.29, 0.717) is 23.2 Å². The lowest BCUT2D eigenvalue weighted by Gasteiger charge is -2.04. The van der Waals surface area contributed by atoms with E-state index in [1.807, 2.05) is 12.1 Å². The number of thioether (sulfide) groups is 1. The maximum absolute atomic E-state index is 12.0. The van der Waals surface area contributed by atoms with Gasteiger partial charge in [0.25, 0.3) is 5.22 Å². The third kappa shape index (κ3) is 4.65. The highest BCUT2D eigenvalue weighted by Gasteiger charge is 2.11. The lowest BCUT2D eigenvalue weighted by Crippen LogP contribution is -2.13. The van der Waals surface area contributed by atoms with Crippen LogP contribution in [0.5, 0.6) is 0 Å². The average Bonchev–Trinajstić information content (AvgIpc) is 3.12. The number of hydrogen-bond donors (Lipinski definition) is 1. The van der Waals surface area contributed by atoms with Gasteiger partial charge in [-0.2, -0.15) is 5.26 Å². The predicted molar refractivity (Wildman–Crippen MR) is 92.6 cm³/mol. The van der Waals surface area contributed by atoms with Gasteiger partial charge in [0, 0.05) is 23.6 Å². The molecule has 0 bridgehead atoms. The highest BCUT2D eigenvalue weighted by Crippen LogP contribution is 2.22. The molecule has 0 aliphatic rings. The van der Waals surface area contributed by atoms with E-state index < -0.39 is 0 Å². The van der Waals surface area contributed by atoms with E-state index in [4.69, 9.17) is 9.68 Å². The molecule has 3 rings (SSSR count). The molecule has 0 spiro atoms. The SMILES string of the molecule is N#CCc1ccc(NC(=O)CSc2nnc(-c3ccncc3)o2)cc1. The topological polar surface area (TPSA) is 105 Å². The molecular weight excluding hydrogens is 338 g/mol. The Labute approximate surface area is 148 Å². The summed E-state index contributed by atoms with van der Waals surface area (Å²) >= 11 is 1.16. The van der Waals surface area contributed by atoms with E-state index in [9.17, 15) is 4.79 Å². The van der Waals surface area contributed by atoms with Crippen LogP contribution in [-0.4, -0.2) is 26.8 Å². The first-order chi connectivity index (χ1) is 12.2. The van der Waals surface area contributed by atoms with Gasteiger partial charge in [0.15, 0.2) is 0 Å². The van der Waals surface area contributed by atoms with Crippen LogP contribution in [0, 0.1) is 11.3 Å². The Morgan fingerprint density at radius 2 is 1.92 bits per heavy atom. The summed E-state index contributed by atoms with van der Waals surface area (Å²) in [6.07, 6.45) is 3.63. The fourth-order valence-corrected chi connectivity index (χ4v) is 2.56. The third-order valence-corrected chi connectivity index (χ3v) is 4.00. The Hall–Kier alpha value is -3.18. The van der Waals surface area contributed by atoms with Crippen molar-refractivity contribution in [3.8, 4) is 17.5 Å². The molecule has 0 aliphatic carbocycles. The molecule has 0 aliphatic heterocycles. The second-order valence-corrected chi connectivity index (χ2v) is 5.90.